The van der Waals surface area contributed by atoms with Crippen LogP contribution in [0.5, 0.6) is 11.5 Å². The number of methoxy groups -OCH3 is 2. The Morgan fingerprint density at radius 1 is 1.24 bits per heavy atom. The third-order valence-electron chi connectivity index (χ3n) is 3.07. The molecular weight excluding hydrogens is 270 g/mol. The summed E-state index contributed by atoms with van der Waals surface area (Å²) in [6.07, 6.45) is 0. The first-order valence-electron chi connectivity index (χ1n) is 6.39. The summed E-state index contributed by atoms with van der Waals surface area (Å²) < 4.78 is 11.7. The predicted octanol–water partition coefficient (Wildman–Crippen LogP) is 1.82. The average Bonchev–Trinajstić information content (AvgIpc) is 2.54. The quantitative estimate of drug-likeness (QED) is 0.856. The molecule has 1 aromatic carbocycles. The standard InChI is InChI=1S/C15H15N3O3/c1-4-18-15(19)11(9-16)7-12(17-18)10-5-6-13(20-2)14(8-10)21-3/h5-8H,4H2,1-3H3. The molecule has 108 valence electrons. The summed E-state index contributed by atoms with van der Waals surface area (Å²) in [6, 6.07) is 8.69. The number of aryl methyl sites for hydroxylation is 1. The van der Waals surface area contributed by atoms with Crippen molar-refractivity contribution in [3.63, 3.8) is 0 Å². The SMILES string of the molecule is CCn1nc(-c2ccc(OC)c(OC)c2)cc(C#N)c1=O. The van der Waals surface area contributed by atoms with Gasteiger partial charge in [-0.05, 0) is 31.2 Å². The Morgan fingerprint density at radius 3 is 2.52 bits per heavy atom. The molecule has 0 aliphatic heterocycles. The maximum atomic E-state index is 11.9. The Labute approximate surface area is 122 Å². The Hall–Kier alpha value is -2.81. The van der Waals surface area contributed by atoms with Gasteiger partial charge in [0.05, 0.1) is 19.9 Å². The van der Waals surface area contributed by atoms with Crippen LogP contribution in [0.2, 0.25) is 0 Å². The normalized spacial score (nSPS) is 10.0. The molecule has 2 rings (SSSR count). The van der Waals surface area contributed by atoms with Gasteiger partial charge in [-0.1, -0.05) is 0 Å². The number of hydrogen-bond donors (Lipinski definition) is 0. The Kier molecular flexibility index (Phi) is 4.24. The van der Waals surface area contributed by atoms with Crippen LogP contribution in [0.15, 0.2) is 29.1 Å². The second kappa shape index (κ2) is 6.09. The van der Waals surface area contributed by atoms with Gasteiger partial charge in [-0.3, -0.25) is 4.79 Å². The molecule has 0 radical (unpaired) electrons. The largest absolute Gasteiger partial charge is 0.493 e. The lowest BCUT2D eigenvalue weighted by atomic mass is 10.1. The van der Waals surface area contributed by atoms with E-state index in [9.17, 15) is 4.79 Å². The average molecular weight is 285 g/mol. The number of hydrogen-bond acceptors (Lipinski definition) is 5. The van der Waals surface area contributed by atoms with Gasteiger partial charge in [0.25, 0.3) is 5.56 Å². The van der Waals surface area contributed by atoms with Crippen LogP contribution in [0.25, 0.3) is 11.3 Å². The summed E-state index contributed by atoms with van der Waals surface area (Å²) in [5.74, 6) is 1.16. The summed E-state index contributed by atoms with van der Waals surface area (Å²) in [5, 5.41) is 13.3. The van der Waals surface area contributed by atoms with Crippen molar-refractivity contribution < 1.29 is 9.47 Å². The van der Waals surface area contributed by atoms with Gasteiger partial charge in [-0.15, -0.1) is 0 Å². The molecule has 0 bridgehead atoms. The smallest absolute Gasteiger partial charge is 0.284 e. The van der Waals surface area contributed by atoms with Gasteiger partial charge < -0.3 is 9.47 Å². The fourth-order valence-electron chi connectivity index (χ4n) is 1.97. The zero-order valence-electron chi connectivity index (χ0n) is 12.1. The lowest BCUT2D eigenvalue weighted by Crippen LogP contribution is -2.24. The van der Waals surface area contributed by atoms with Crippen LogP contribution in [0, 0.1) is 11.3 Å². The van der Waals surface area contributed by atoms with Crippen LogP contribution in [0.4, 0.5) is 0 Å². The molecule has 0 amide bonds. The summed E-state index contributed by atoms with van der Waals surface area (Å²) in [4.78, 5) is 11.9. The lowest BCUT2D eigenvalue weighted by molar-refractivity contribution is 0.355. The van der Waals surface area contributed by atoms with Gasteiger partial charge in [0.1, 0.15) is 11.6 Å². The minimum absolute atomic E-state index is 0.0663. The second-order valence-corrected chi connectivity index (χ2v) is 4.25. The van der Waals surface area contributed by atoms with E-state index in [0.29, 0.717) is 23.7 Å². The fourth-order valence-corrected chi connectivity index (χ4v) is 1.97. The molecule has 0 aliphatic carbocycles. The third-order valence-corrected chi connectivity index (χ3v) is 3.07. The van der Waals surface area contributed by atoms with Crippen LogP contribution in [-0.2, 0) is 6.54 Å². The number of nitrogens with zero attached hydrogens (tertiary/aromatic N) is 3. The third kappa shape index (κ3) is 2.72. The molecule has 1 heterocycles. The van der Waals surface area contributed by atoms with Crippen LogP contribution in [0.3, 0.4) is 0 Å². The Morgan fingerprint density at radius 2 is 1.95 bits per heavy atom. The Balaban J connectivity index is 2.62. The van der Waals surface area contributed by atoms with Crippen LogP contribution in [0.1, 0.15) is 12.5 Å². The highest BCUT2D eigenvalue weighted by atomic mass is 16.5. The molecule has 0 N–H and O–H groups in total. The van der Waals surface area contributed by atoms with Gasteiger partial charge in [0.15, 0.2) is 11.5 Å². The summed E-state index contributed by atoms with van der Waals surface area (Å²) >= 11 is 0. The maximum absolute atomic E-state index is 11.9. The fraction of sp³-hybridized carbons (Fsp3) is 0.267. The topological polar surface area (TPSA) is 77.1 Å². The highest BCUT2D eigenvalue weighted by molar-refractivity contribution is 5.64. The van der Waals surface area contributed by atoms with E-state index in [1.807, 2.05) is 6.07 Å². The van der Waals surface area contributed by atoms with Crippen molar-refractivity contribution in [2.75, 3.05) is 14.2 Å². The van der Waals surface area contributed by atoms with Crippen molar-refractivity contribution in [3.05, 3.63) is 40.2 Å². The first-order chi connectivity index (χ1) is 10.1. The van der Waals surface area contributed by atoms with Crippen LogP contribution in [-0.4, -0.2) is 24.0 Å². The number of ether oxygens (including phenoxy) is 2. The van der Waals surface area contributed by atoms with E-state index in [-0.39, 0.29) is 11.1 Å². The van der Waals surface area contributed by atoms with Gasteiger partial charge in [0, 0.05) is 12.1 Å². The number of benzene rings is 1. The van der Waals surface area contributed by atoms with Crippen LogP contribution < -0.4 is 15.0 Å². The molecule has 6 nitrogen and oxygen atoms in total. The maximum Gasteiger partial charge on any atom is 0.284 e. The van der Waals surface area contributed by atoms with Gasteiger partial charge in [0.2, 0.25) is 0 Å². The molecule has 1 aromatic heterocycles. The molecule has 21 heavy (non-hydrogen) atoms. The molecule has 0 fully saturated rings. The lowest BCUT2D eigenvalue weighted by Gasteiger charge is -2.10. The monoisotopic (exact) mass is 285 g/mol. The minimum atomic E-state index is -0.385. The van der Waals surface area contributed by atoms with E-state index in [2.05, 4.69) is 5.10 Å². The number of aromatic nitrogens is 2. The Bertz CT molecular complexity index is 760. The summed E-state index contributed by atoms with van der Waals surface area (Å²) in [5.41, 5.74) is 0.959. The van der Waals surface area contributed by atoms with E-state index in [4.69, 9.17) is 14.7 Å². The molecule has 0 spiro atoms. The van der Waals surface area contributed by atoms with Crippen molar-refractivity contribution in [3.8, 4) is 28.8 Å². The van der Waals surface area contributed by atoms with Gasteiger partial charge in [-0.2, -0.15) is 10.4 Å². The molecule has 0 aliphatic rings. The summed E-state index contributed by atoms with van der Waals surface area (Å²) in [7, 11) is 3.10. The minimum Gasteiger partial charge on any atom is -0.493 e. The first-order valence-corrected chi connectivity index (χ1v) is 6.39. The highest BCUT2D eigenvalue weighted by Gasteiger charge is 2.11. The predicted molar refractivity (Wildman–Crippen MR) is 77.4 cm³/mol. The summed E-state index contributed by atoms with van der Waals surface area (Å²) in [6.45, 7) is 2.20. The molecule has 0 atom stereocenters. The van der Waals surface area contributed by atoms with Crippen molar-refractivity contribution in [1.29, 1.82) is 5.26 Å². The molecule has 0 unspecified atom stereocenters. The molecule has 6 heteroatoms. The van der Waals surface area contributed by atoms with Gasteiger partial charge in [-0.25, -0.2) is 4.68 Å². The molecule has 0 saturated heterocycles. The van der Waals surface area contributed by atoms with Crippen molar-refractivity contribution >= 4 is 0 Å². The second-order valence-electron chi connectivity index (χ2n) is 4.25. The first kappa shape index (κ1) is 14.6. The van der Waals surface area contributed by atoms with E-state index in [1.54, 1.807) is 39.3 Å². The highest BCUT2D eigenvalue weighted by Crippen LogP contribution is 2.31. The van der Waals surface area contributed by atoms with Crippen molar-refractivity contribution in [2.45, 2.75) is 13.5 Å². The van der Waals surface area contributed by atoms with E-state index >= 15 is 0 Å². The number of nitriles is 1. The molecule has 2 aromatic rings. The van der Waals surface area contributed by atoms with E-state index in [1.165, 1.54) is 10.7 Å². The zero-order chi connectivity index (χ0) is 15.4. The van der Waals surface area contributed by atoms with Crippen molar-refractivity contribution in [2.24, 2.45) is 0 Å². The van der Waals surface area contributed by atoms with E-state index < -0.39 is 0 Å². The van der Waals surface area contributed by atoms with Gasteiger partial charge >= 0.3 is 0 Å². The van der Waals surface area contributed by atoms with Crippen molar-refractivity contribution in [1.82, 2.24) is 9.78 Å². The van der Waals surface area contributed by atoms with E-state index in [0.717, 1.165) is 5.56 Å². The molecular formula is C15H15N3O3. The molecule has 0 saturated carbocycles. The van der Waals surface area contributed by atoms with Crippen LogP contribution >= 0.6 is 0 Å². The zero-order valence-corrected chi connectivity index (χ0v) is 12.1. The number of rotatable bonds is 4.